The quantitative estimate of drug-likeness (QED) is 0.421. The Morgan fingerprint density at radius 1 is 0.882 bits per heavy atom. The van der Waals surface area contributed by atoms with E-state index in [1.165, 1.54) is 29.5 Å². The number of allylic oxidation sites excluding steroid dienone is 1. The number of aliphatic imine (C=N–C) groups is 1. The average molecular weight is 533 g/mol. The lowest BCUT2D eigenvalue weighted by Gasteiger charge is -2.31. The summed E-state index contributed by atoms with van der Waals surface area (Å²) in [4.78, 5) is 7.79. The molecule has 1 saturated heterocycles. The Morgan fingerprint density at radius 2 is 1.53 bits per heavy atom. The van der Waals surface area contributed by atoms with Crippen LogP contribution in [0.5, 0.6) is 0 Å². The van der Waals surface area contributed by atoms with Crippen molar-refractivity contribution in [3.05, 3.63) is 91.9 Å². The minimum atomic E-state index is 0.181. The zero-order valence-corrected chi connectivity index (χ0v) is 21.2. The van der Waals surface area contributed by atoms with Crippen LogP contribution < -0.4 is 5.32 Å². The van der Waals surface area contributed by atoms with Crippen LogP contribution in [0.3, 0.4) is 0 Å². The summed E-state index contributed by atoms with van der Waals surface area (Å²) in [5, 5.41) is 22.0. The maximum Gasteiger partial charge on any atom is 0.171 e. The number of likely N-dealkylation sites (tertiary alicyclic amines) is 1. The van der Waals surface area contributed by atoms with Crippen molar-refractivity contribution in [1.82, 2.24) is 10.2 Å². The van der Waals surface area contributed by atoms with E-state index in [1.807, 2.05) is 6.07 Å². The van der Waals surface area contributed by atoms with Gasteiger partial charge in [-0.1, -0.05) is 58.4 Å². The Labute approximate surface area is 212 Å². The van der Waals surface area contributed by atoms with Crippen LogP contribution in [-0.4, -0.2) is 34.8 Å². The van der Waals surface area contributed by atoms with E-state index < -0.39 is 0 Å². The summed E-state index contributed by atoms with van der Waals surface area (Å²) < 4.78 is 1.07. The summed E-state index contributed by atoms with van der Waals surface area (Å²) in [5.41, 5.74) is 5.69. The van der Waals surface area contributed by atoms with Gasteiger partial charge in [0.15, 0.2) is 11.0 Å². The van der Waals surface area contributed by atoms with Crippen LogP contribution in [0, 0.1) is 10.8 Å². The fourth-order valence-corrected chi connectivity index (χ4v) is 6.92. The molecule has 2 aromatic rings. The maximum atomic E-state index is 8.98. The number of nitrogens with zero attached hydrogens (tertiary/aromatic N) is 2. The lowest BCUT2D eigenvalue weighted by atomic mass is 9.72. The number of rotatable bonds is 2. The van der Waals surface area contributed by atoms with Crippen molar-refractivity contribution in [2.75, 3.05) is 13.1 Å². The van der Waals surface area contributed by atoms with Crippen molar-refractivity contribution < 1.29 is 0 Å². The molecule has 3 N–H and O–H groups in total. The van der Waals surface area contributed by atoms with Crippen molar-refractivity contribution in [2.24, 2.45) is 4.99 Å². The third kappa shape index (κ3) is 3.75. The Balaban J connectivity index is 1.48. The Morgan fingerprint density at radius 3 is 2.24 bits per heavy atom. The number of amidine groups is 3. The van der Waals surface area contributed by atoms with E-state index in [0.717, 1.165) is 51.7 Å². The lowest BCUT2D eigenvalue weighted by molar-refractivity contribution is 0.531. The van der Waals surface area contributed by atoms with Crippen molar-refractivity contribution >= 4 is 44.5 Å². The van der Waals surface area contributed by atoms with Gasteiger partial charge in [-0.3, -0.25) is 10.8 Å². The van der Waals surface area contributed by atoms with Gasteiger partial charge < -0.3 is 10.2 Å². The van der Waals surface area contributed by atoms with Gasteiger partial charge in [0.05, 0.1) is 10.6 Å². The first-order chi connectivity index (χ1) is 16.6. The van der Waals surface area contributed by atoms with Gasteiger partial charge >= 0.3 is 0 Å². The highest BCUT2D eigenvalue weighted by Gasteiger charge is 2.42. The highest BCUT2D eigenvalue weighted by atomic mass is 79.9. The molecule has 0 bridgehead atoms. The van der Waals surface area contributed by atoms with Gasteiger partial charge in [0.25, 0.3) is 0 Å². The predicted octanol–water partition coefficient (Wildman–Crippen LogP) is 6.37. The van der Waals surface area contributed by atoms with Gasteiger partial charge in [-0.2, -0.15) is 0 Å². The SMILES string of the molecule is N=C1N/C(=C2/SC(N3CCCC3)=NC2=N)C2=C1C(c1ccccc1)CCC2c1ccc(Br)cc1. The molecule has 5 nitrogen and oxygen atoms in total. The molecular formula is C27H26BrN5S. The molecule has 0 spiro atoms. The highest BCUT2D eigenvalue weighted by Crippen LogP contribution is 2.51. The van der Waals surface area contributed by atoms with Gasteiger partial charge in [0, 0.05) is 35.0 Å². The van der Waals surface area contributed by atoms with E-state index in [1.54, 1.807) is 11.8 Å². The molecule has 0 radical (unpaired) electrons. The zero-order valence-electron chi connectivity index (χ0n) is 18.8. The molecular weight excluding hydrogens is 506 g/mol. The van der Waals surface area contributed by atoms with Crippen LogP contribution in [0.15, 0.2) is 85.8 Å². The molecule has 0 saturated carbocycles. The number of thioether (sulfide) groups is 1. The summed E-state index contributed by atoms with van der Waals surface area (Å²) in [6.07, 6.45) is 4.36. The lowest BCUT2D eigenvalue weighted by Crippen LogP contribution is -2.23. The monoisotopic (exact) mass is 531 g/mol. The summed E-state index contributed by atoms with van der Waals surface area (Å²) >= 11 is 5.17. The van der Waals surface area contributed by atoms with E-state index in [2.05, 4.69) is 79.7 Å². The molecule has 1 aliphatic carbocycles. The molecule has 2 unspecified atom stereocenters. The summed E-state index contributed by atoms with van der Waals surface area (Å²) in [6, 6.07) is 19.1. The van der Waals surface area contributed by atoms with Crippen LogP contribution in [0.25, 0.3) is 0 Å². The van der Waals surface area contributed by atoms with Gasteiger partial charge in [-0.25, -0.2) is 4.99 Å². The molecule has 7 heteroatoms. The van der Waals surface area contributed by atoms with E-state index in [9.17, 15) is 0 Å². The first kappa shape index (κ1) is 21.9. The van der Waals surface area contributed by atoms with Gasteiger partial charge in [-0.05, 0) is 66.3 Å². The van der Waals surface area contributed by atoms with Crippen LogP contribution in [-0.2, 0) is 0 Å². The maximum absolute atomic E-state index is 8.98. The number of hydrogen-bond donors (Lipinski definition) is 3. The first-order valence-electron chi connectivity index (χ1n) is 11.9. The van der Waals surface area contributed by atoms with E-state index in [4.69, 9.17) is 10.8 Å². The average Bonchev–Trinajstić information content (AvgIpc) is 3.59. The Kier molecular flexibility index (Phi) is 5.70. The van der Waals surface area contributed by atoms with E-state index in [0.29, 0.717) is 11.7 Å². The molecule has 1 fully saturated rings. The second-order valence-corrected chi connectivity index (χ2v) is 11.1. The minimum absolute atomic E-state index is 0.181. The summed E-state index contributed by atoms with van der Waals surface area (Å²) in [7, 11) is 0. The number of hydrogen-bond acceptors (Lipinski definition) is 4. The van der Waals surface area contributed by atoms with E-state index in [-0.39, 0.29) is 11.8 Å². The van der Waals surface area contributed by atoms with Gasteiger partial charge in [-0.15, -0.1) is 0 Å². The first-order valence-corrected chi connectivity index (χ1v) is 13.5. The normalized spacial score (nSPS) is 26.7. The Bertz CT molecular complexity index is 1260. The van der Waals surface area contributed by atoms with Crippen LogP contribution in [0.4, 0.5) is 0 Å². The molecule has 4 aliphatic rings. The third-order valence-electron chi connectivity index (χ3n) is 7.21. The second-order valence-electron chi connectivity index (χ2n) is 9.22. The van der Waals surface area contributed by atoms with Crippen LogP contribution in [0.1, 0.15) is 48.6 Å². The van der Waals surface area contributed by atoms with Crippen molar-refractivity contribution in [3.63, 3.8) is 0 Å². The molecule has 3 heterocycles. The predicted molar refractivity (Wildman–Crippen MR) is 144 cm³/mol. The van der Waals surface area contributed by atoms with Crippen molar-refractivity contribution in [3.8, 4) is 0 Å². The molecule has 0 amide bonds. The van der Waals surface area contributed by atoms with Crippen molar-refractivity contribution in [2.45, 2.75) is 37.5 Å². The zero-order chi connectivity index (χ0) is 23.2. The third-order valence-corrected chi connectivity index (χ3v) is 8.88. The highest BCUT2D eigenvalue weighted by molar-refractivity contribution is 9.10. The molecule has 2 aromatic carbocycles. The van der Waals surface area contributed by atoms with Gasteiger partial charge in [0.1, 0.15) is 5.84 Å². The number of benzene rings is 2. The number of nitrogens with one attached hydrogen (secondary N) is 3. The fraction of sp³-hybridized carbons (Fsp3) is 0.296. The smallest absolute Gasteiger partial charge is 0.171 e. The van der Waals surface area contributed by atoms with E-state index >= 15 is 0 Å². The minimum Gasteiger partial charge on any atom is -0.351 e. The Hall–Kier alpha value is -2.64. The molecule has 34 heavy (non-hydrogen) atoms. The molecule has 6 rings (SSSR count). The summed E-state index contributed by atoms with van der Waals surface area (Å²) in [5.74, 6) is 1.15. The summed E-state index contributed by atoms with van der Waals surface area (Å²) in [6.45, 7) is 2.02. The largest absolute Gasteiger partial charge is 0.351 e. The van der Waals surface area contributed by atoms with Crippen LogP contribution in [0.2, 0.25) is 0 Å². The molecule has 0 aromatic heterocycles. The number of halogens is 1. The van der Waals surface area contributed by atoms with Crippen LogP contribution >= 0.6 is 27.7 Å². The topological polar surface area (TPSA) is 75.3 Å². The fourth-order valence-electron chi connectivity index (χ4n) is 5.62. The molecule has 2 atom stereocenters. The van der Waals surface area contributed by atoms with Gasteiger partial charge in [0.2, 0.25) is 0 Å². The second kappa shape index (κ2) is 8.86. The molecule has 172 valence electrons. The standard InChI is InChI=1S/C27H26BrN5S/c28-18-10-8-17(9-11-18)19-12-13-20(16-6-2-1-3-7-16)22-21(19)23(31-25(22)29)24-26(30)32-27(34-24)33-14-4-5-15-33/h1-3,6-11,19-20,30H,4-5,12-15H2,(H2,29,31)/b24-23+,30-26?. The van der Waals surface area contributed by atoms with Crippen molar-refractivity contribution in [1.29, 1.82) is 10.8 Å². The molecule has 3 aliphatic heterocycles.